The number of hydrogen-bond acceptors (Lipinski definition) is 5. The first-order valence-electron chi connectivity index (χ1n) is 7.22. The van der Waals surface area contributed by atoms with Crippen molar-refractivity contribution in [1.29, 1.82) is 0 Å². The molecule has 3 aromatic rings. The average molecular weight is 345 g/mol. The van der Waals surface area contributed by atoms with Crippen LogP contribution in [0.4, 0.5) is 0 Å². The predicted octanol–water partition coefficient (Wildman–Crippen LogP) is 3.68. The molecule has 0 spiro atoms. The lowest BCUT2D eigenvalue weighted by Gasteiger charge is -2.07. The molecule has 0 bridgehead atoms. The first-order valence-corrected chi connectivity index (χ1v) is 7.60. The summed E-state index contributed by atoms with van der Waals surface area (Å²) in [6, 6.07) is 14.7. The fourth-order valence-electron chi connectivity index (χ4n) is 2.10. The number of hydrogen-bond donors (Lipinski definition) is 0. The number of rotatable bonds is 5. The van der Waals surface area contributed by atoms with Crippen molar-refractivity contribution in [3.05, 3.63) is 75.6 Å². The third kappa shape index (κ3) is 3.75. The molecule has 6 heteroatoms. The molecule has 0 N–H and O–H groups in total. The van der Waals surface area contributed by atoms with Gasteiger partial charge in [0.2, 0.25) is 5.76 Å². The maximum absolute atomic E-state index is 12.0. The zero-order valence-electron chi connectivity index (χ0n) is 12.5. The van der Waals surface area contributed by atoms with E-state index in [9.17, 15) is 9.59 Å². The topological polar surface area (TPSA) is 65.7 Å². The molecule has 5 nitrogen and oxygen atoms in total. The lowest BCUT2D eigenvalue weighted by molar-refractivity contribution is 0.0415. The predicted molar refractivity (Wildman–Crippen MR) is 89.7 cm³/mol. The standard InChI is InChI=1S/C18H13ClO5/c19-12-5-7-13(8-6-12)22-9-10-23-18(21)17-11-15(20)14-3-1-2-4-16(14)24-17/h1-8,11H,9-10H2. The van der Waals surface area contributed by atoms with Gasteiger partial charge in [-0.05, 0) is 36.4 Å². The van der Waals surface area contributed by atoms with Gasteiger partial charge in [-0.15, -0.1) is 0 Å². The van der Waals surface area contributed by atoms with E-state index >= 15 is 0 Å². The minimum absolute atomic E-state index is 0.0258. The minimum atomic E-state index is -0.711. The van der Waals surface area contributed by atoms with Crippen LogP contribution < -0.4 is 10.2 Å². The number of para-hydroxylation sites is 1. The largest absolute Gasteiger partial charge is 0.490 e. The minimum Gasteiger partial charge on any atom is -0.490 e. The fourth-order valence-corrected chi connectivity index (χ4v) is 2.23. The van der Waals surface area contributed by atoms with Gasteiger partial charge < -0.3 is 13.9 Å². The second kappa shape index (κ2) is 7.19. The van der Waals surface area contributed by atoms with E-state index in [2.05, 4.69) is 0 Å². The molecule has 0 saturated heterocycles. The van der Waals surface area contributed by atoms with Crippen LogP contribution >= 0.6 is 11.6 Å². The van der Waals surface area contributed by atoms with Crippen LogP contribution in [-0.4, -0.2) is 19.2 Å². The Morgan fingerprint density at radius 2 is 1.79 bits per heavy atom. The van der Waals surface area contributed by atoms with Crippen molar-refractivity contribution in [3.63, 3.8) is 0 Å². The average Bonchev–Trinajstić information content (AvgIpc) is 2.60. The van der Waals surface area contributed by atoms with Gasteiger partial charge in [0, 0.05) is 11.1 Å². The highest BCUT2D eigenvalue weighted by molar-refractivity contribution is 6.30. The zero-order chi connectivity index (χ0) is 16.9. The summed E-state index contributed by atoms with van der Waals surface area (Å²) in [6.07, 6.45) is 0. The molecule has 0 aliphatic rings. The smallest absolute Gasteiger partial charge is 0.374 e. The van der Waals surface area contributed by atoms with Crippen molar-refractivity contribution >= 4 is 28.5 Å². The van der Waals surface area contributed by atoms with Crippen molar-refractivity contribution in [2.45, 2.75) is 0 Å². The second-order valence-electron chi connectivity index (χ2n) is 4.91. The molecule has 2 aromatic carbocycles. The number of fused-ring (bicyclic) bond motifs is 1. The number of carbonyl (C=O) groups excluding carboxylic acids is 1. The first-order chi connectivity index (χ1) is 11.6. The lowest BCUT2D eigenvalue weighted by atomic mass is 10.2. The van der Waals surface area contributed by atoms with Crippen LogP contribution in [0.3, 0.4) is 0 Å². The number of halogens is 1. The summed E-state index contributed by atoms with van der Waals surface area (Å²) in [6.45, 7) is 0.198. The van der Waals surface area contributed by atoms with E-state index in [0.29, 0.717) is 21.7 Å². The van der Waals surface area contributed by atoms with Gasteiger partial charge in [-0.3, -0.25) is 4.79 Å². The van der Waals surface area contributed by atoms with Gasteiger partial charge in [-0.1, -0.05) is 23.7 Å². The van der Waals surface area contributed by atoms with Crippen molar-refractivity contribution in [2.24, 2.45) is 0 Å². The Balaban J connectivity index is 1.59. The highest BCUT2D eigenvalue weighted by Gasteiger charge is 2.13. The van der Waals surface area contributed by atoms with Gasteiger partial charge in [0.1, 0.15) is 24.5 Å². The van der Waals surface area contributed by atoms with Crippen LogP contribution in [0.15, 0.2) is 63.8 Å². The van der Waals surface area contributed by atoms with E-state index in [1.54, 1.807) is 48.5 Å². The van der Waals surface area contributed by atoms with E-state index < -0.39 is 5.97 Å². The van der Waals surface area contributed by atoms with Crippen LogP contribution in [0, 0.1) is 0 Å². The molecule has 122 valence electrons. The van der Waals surface area contributed by atoms with Crippen molar-refractivity contribution in [2.75, 3.05) is 13.2 Å². The molecule has 1 heterocycles. The van der Waals surface area contributed by atoms with Crippen molar-refractivity contribution in [1.82, 2.24) is 0 Å². The molecule has 0 fully saturated rings. The Morgan fingerprint density at radius 1 is 1.04 bits per heavy atom. The van der Waals surface area contributed by atoms with E-state index in [1.807, 2.05) is 0 Å². The van der Waals surface area contributed by atoms with Crippen LogP contribution in [0.5, 0.6) is 5.75 Å². The molecular formula is C18H13ClO5. The molecule has 0 unspecified atom stereocenters. The Hall–Kier alpha value is -2.79. The van der Waals surface area contributed by atoms with Crippen molar-refractivity contribution < 1.29 is 18.7 Å². The van der Waals surface area contributed by atoms with Gasteiger partial charge in [0.25, 0.3) is 0 Å². The monoisotopic (exact) mass is 344 g/mol. The highest BCUT2D eigenvalue weighted by Crippen LogP contribution is 2.15. The molecule has 0 saturated carbocycles. The van der Waals surface area contributed by atoms with E-state index in [-0.39, 0.29) is 24.4 Å². The third-order valence-electron chi connectivity index (χ3n) is 3.23. The zero-order valence-corrected chi connectivity index (χ0v) is 13.3. The molecule has 0 amide bonds. The van der Waals surface area contributed by atoms with Crippen LogP contribution in [0.1, 0.15) is 10.6 Å². The summed E-state index contributed by atoms with van der Waals surface area (Å²) < 4.78 is 15.9. The van der Waals surface area contributed by atoms with Gasteiger partial charge in [-0.2, -0.15) is 0 Å². The maximum Gasteiger partial charge on any atom is 0.374 e. The Bertz CT molecular complexity index is 915. The number of benzene rings is 2. The summed E-state index contributed by atoms with van der Waals surface area (Å²) in [5.41, 5.74) is 0.0515. The van der Waals surface area contributed by atoms with Crippen LogP contribution in [0.2, 0.25) is 5.02 Å². The number of esters is 1. The number of carbonyl (C=O) groups is 1. The van der Waals surface area contributed by atoms with Gasteiger partial charge in [0.05, 0.1) is 5.39 Å². The Morgan fingerprint density at radius 3 is 2.58 bits per heavy atom. The van der Waals surface area contributed by atoms with E-state index in [0.717, 1.165) is 6.07 Å². The van der Waals surface area contributed by atoms with Gasteiger partial charge in [0.15, 0.2) is 5.43 Å². The molecular weight excluding hydrogens is 332 g/mol. The molecule has 0 radical (unpaired) electrons. The van der Waals surface area contributed by atoms with Crippen LogP contribution in [-0.2, 0) is 4.74 Å². The molecule has 0 atom stereocenters. The Kier molecular flexibility index (Phi) is 4.82. The molecule has 0 aliphatic heterocycles. The normalized spacial score (nSPS) is 10.5. The summed E-state index contributed by atoms with van der Waals surface area (Å²) in [5, 5.41) is 1.03. The molecule has 1 aromatic heterocycles. The van der Waals surface area contributed by atoms with Crippen LogP contribution in [0.25, 0.3) is 11.0 Å². The SMILES string of the molecule is O=C(OCCOc1ccc(Cl)cc1)c1cc(=O)c2ccccc2o1. The summed E-state index contributed by atoms with van der Waals surface area (Å²) in [5.74, 6) is -0.226. The van der Waals surface area contributed by atoms with Crippen molar-refractivity contribution in [3.8, 4) is 5.75 Å². The Labute approximate surface area is 142 Å². The molecule has 0 aliphatic carbocycles. The molecule has 24 heavy (non-hydrogen) atoms. The van der Waals surface area contributed by atoms with E-state index in [1.165, 1.54) is 0 Å². The lowest BCUT2D eigenvalue weighted by Crippen LogP contribution is -2.14. The van der Waals surface area contributed by atoms with E-state index in [4.69, 9.17) is 25.5 Å². The number of ether oxygens (including phenoxy) is 2. The summed E-state index contributed by atoms with van der Waals surface area (Å²) >= 11 is 5.78. The highest BCUT2D eigenvalue weighted by atomic mass is 35.5. The van der Waals surface area contributed by atoms with Gasteiger partial charge >= 0.3 is 5.97 Å². The summed E-state index contributed by atoms with van der Waals surface area (Å²) in [4.78, 5) is 23.9. The third-order valence-corrected chi connectivity index (χ3v) is 3.49. The maximum atomic E-state index is 12.0. The van der Waals surface area contributed by atoms with Gasteiger partial charge in [-0.25, -0.2) is 4.79 Å². The molecule has 3 rings (SSSR count). The fraction of sp³-hybridized carbons (Fsp3) is 0.111. The summed E-state index contributed by atoms with van der Waals surface area (Å²) in [7, 11) is 0. The second-order valence-corrected chi connectivity index (χ2v) is 5.35. The first kappa shape index (κ1) is 16.1. The quantitative estimate of drug-likeness (QED) is 0.521.